The lowest BCUT2D eigenvalue weighted by atomic mass is 9.90. The highest BCUT2D eigenvalue weighted by Crippen LogP contribution is 2.30. The molecule has 5 heteroatoms. The summed E-state index contributed by atoms with van der Waals surface area (Å²) in [6.45, 7) is 3.56. The van der Waals surface area contributed by atoms with Crippen LogP contribution < -0.4 is 0 Å². The van der Waals surface area contributed by atoms with Crippen molar-refractivity contribution in [3.63, 3.8) is 0 Å². The fraction of sp³-hybridized carbons (Fsp3) is 0.636. The Morgan fingerprint density at radius 3 is 2.63 bits per heavy atom. The van der Waals surface area contributed by atoms with E-state index in [0.717, 1.165) is 38.5 Å². The lowest BCUT2D eigenvalue weighted by molar-refractivity contribution is -0.144. The minimum Gasteiger partial charge on any atom is -0.481 e. The molecule has 1 aliphatic rings. The highest BCUT2D eigenvalue weighted by molar-refractivity contribution is 5.66. The van der Waals surface area contributed by atoms with Crippen molar-refractivity contribution in [1.29, 1.82) is 0 Å². The third-order valence-electron chi connectivity index (χ3n) is 4.74. The van der Waals surface area contributed by atoms with Gasteiger partial charge in [-0.15, -0.1) is 0 Å². The number of ether oxygens (including phenoxy) is 1. The molecule has 0 saturated carbocycles. The van der Waals surface area contributed by atoms with Crippen LogP contribution in [0.3, 0.4) is 0 Å². The van der Waals surface area contributed by atoms with Gasteiger partial charge in [0, 0.05) is 19.3 Å². The zero-order valence-corrected chi connectivity index (χ0v) is 16.5. The quantitative estimate of drug-likeness (QED) is 0.282. The average molecular weight is 379 g/mol. The second-order valence-corrected chi connectivity index (χ2v) is 7.14. The average Bonchev–Trinajstić information content (AvgIpc) is 2.95. The van der Waals surface area contributed by atoms with E-state index in [1.807, 2.05) is 30.4 Å². The Morgan fingerprint density at radius 2 is 1.96 bits per heavy atom. The summed E-state index contributed by atoms with van der Waals surface area (Å²) >= 11 is 0. The zero-order valence-electron chi connectivity index (χ0n) is 16.5. The largest absolute Gasteiger partial charge is 0.481 e. The van der Waals surface area contributed by atoms with Crippen LogP contribution in [0.5, 0.6) is 0 Å². The predicted octanol–water partition coefficient (Wildman–Crippen LogP) is 4.42. The molecule has 1 unspecified atom stereocenters. The standard InChI is InChI=1S/C22H34O5/c1-3-4-7-11-19(27-17(2)23)14-15-20-18(13-16-21(20)24)10-8-5-6-9-12-22(25)26/h5,8,13-16,18-21,24H,3-4,6-7,9-12H2,1-2H3,(H,25,26)/b8-5-,15-14+/t18-,19-,20+,21?/m0/s1. The summed E-state index contributed by atoms with van der Waals surface area (Å²) in [5.41, 5.74) is 0. The lowest BCUT2D eigenvalue weighted by Crippen LogP contribution is -2.19. The molecule has 4 atom stereocenters. The minimum absolute atomic E-state index is 0.0297. The maximum absolute atomic E-state index is 11.3. The minimum atomic E-state index is -0.767. The van der Waals surface area contributed by atoms with Crippen LogP contribution in [0.15, 0.2) is 36.5 Å². The van der Waals surface area contributed by atoms with Crippen LogP contribution in [0.1, 0.15) is 65.2 Å². The highest BCUT2D eigenvalue weighted by Gasteiger charge is 2.27. The van der Waals surface area contributed by atoms with Crippen LogP contribution in [0.4, 0.5) is 0 Å². The first-order chi connectivity index (χ1) is 12.9. The molecule has 2 N–H and O–H groups in total. The lowest BCUT2D eigenvalue weighted by Gasteiger charge is -2.19. The molecule has 0 aromatic rings. The number of allylic oxidation sites excluding steroid dienone is 3. The Bertz CT molecular complexity index is 535. The van der Waals surface area contributed by atoms with Crippen LogP contribution in [0.25, 0.3) is 0 Å². The van der Waals surface area contributed by atoms with Gasteiger partial charge < -0.3 is 14.9 Å². The van der Waals surface area contributed by atoms with E-state index in [1.54, 1.807) is 0 Å². The van der Waals surface area contributed by atoms with Crippen molar-refractivity contribution in [2.75, 3.05) is 0 Å². The maximum atomic E-state index is 11.3. The van der Waals surface area contributed by atoms with Crippen molar-refractivity contribution in [2.24, 2.45) is 11.8 Å². The van der Waals surface area contributed by atoms with Crippen molar-refractivity contribution in [1.82, 2.24) is 0 Å². The van der Waals surface area contributed by atoms with E-state index < -0.39 is 12.1 Å². The molecule has 0 heterocycles. The van der Waals surface area contributed by atoms with E-state index in [2.05, 4.69) is 13.0 Å². The van der Waals surface area contributed by atoms with Crippen molar-refractivity contribution in [3.05, 3.63) is 36.5 Å². The Kier molecular flexibility index (Phi) is 11.4. The molecule has 0 fully saturated rings. The number of carboxylic acids is 1. The van der Waals surface area contributed by atoms with Crippen LogP contribution in [0, 0.1) is 11.8 Å². The third kappa shape index (κ3) is 10.1. The predicted molar refractivity (Wildman–Crippen MR) is 106 cm³/mol. The number of carbonyl (C=O) groups is 2. The van der Waals surface area contributed by atoms with Crippen LogP contribution in [0.2, 0.25) is 0 Å². The SMILES string of the molecule is CCCCC[C@@H](/C=C/[C@H]1C(O)C=C[C@@H]1C/C=C\CCCC(=O)O)OC(C)=O. The van der Waals surface area contributed by atoms with Crippen LogP contribution in [-0.2, 0) is 14.3 Å². The van der Waals surface area contributed by atoms with Gasteiger partial charge in [0.05, 0.1) is 6.10 Å². The number of aliphatic carboxylic acids is 1. The third-order valence-corrected chi connectivity index (χ3v) is 4.74. The van der Waals surface area contributed by atoms with Gasteiger partial charge >= 0.3 is 11.9 Å². The zero-order chi connectivity index (χ0) is 20.1. The second-order valence-electron chi connectivity index (χ2n) is 7.14. The molecule has 0 saturated heterocycles. The number of rotatable bonds is 13. The first kappa shape index (κ1) is 23.2. The van der Waals surface area contributed by atoms with Gasteiger partial charge in [-0.05, 0) is 44.1 Å². The molecule has 0 bridgehead atoms. The number of aliphatic hydroxyl groups excluding tert-OH is 1. The number of hydrogen-bond acceptors (Lipinski definition) is 4. The molecule has 0 aromatic heterocycles. The summed E-state index contributed by atoms with van der Waals surface area (Å²) in [6, 6.07) is 0. The summed E-state index contributed by atoms with van der Waals surface area (Å²) in [6.07, 6.45) is 17.4. The van der Waals surface area contributed by atoms with Crippen molar-refractivity contribution >= 4 is 11.9 Å². The highest BCUT2D eigenvalue weighted by atomic mass is 16.5. The molecule has 1 rings (SSSR count). The number of aliphatic hydroxyl groups is 1. The van der Waals surface area contributed by atoms with Crippen molar-refractivity contribution in [2.45, 2.75) is 77.4 Å². The summed E-state index contributed by atoms with van der Waals surface area (Å²) < 4.78 is 5.38. The van der Waals surface area contributed by atoms with E-state index >= 15 is 0 Å². The number of carboxylic acid groups (broad SMARTS) is 1. The summed E-state index contributed by atoms with van der Waals surface area (Å²) in [7, 11) is 0. The summed E-state index contributed by atoms with van der Waals surface area (Å²) in [5, 5.41) is 18.9. The molecule has 0 spiro atoms. The van der Waals surface area contributed by atoms with E-state index in [1.165, 1.54) is 6.92 Å². The monoisotopic (exact) mass is 378 g/mol. The molecule has 1 aliphatic carbocycles. The second kappa shape index (κ2) is 13.3. The van der Waals surface area contributed by atoms with Gasteiger partial charge in [0.2, 0.25) is 0 Å². The number of unbranched alkanes of at least 4 members (excludes halogenated alkanes) is 3. The molecule has 5 nitrogen and oxygen atoms in total. The number of carbonyl (C=O) groups excluding carboxylic acids is 1. The van der Waals surface area contributed by atoms with Gasteiger partial charge in [-0.3, -0.25) is 9.59 Å². The molecule has 0 amide bonds. The Morgan fingerprint density at radius 1 is 1.19 bits per heavy atom. The molecular formula is C22H34O5. The normalized spacial score (nSPS) is 23.3. The van der Waals surface area contributed by atoms with Gasteiger partial charge in [-0.25, -0.2) is 0 Å². The number of hydrogen-bond donors (Lipinski definition) is 2. The van der Waals surface area contributed by atoms with E-state index in [-0.39, 0.29) is 30.3 Å². The first-order valence-corrected chi connectivity index (χ1v) is 10.0. The van der Waals surface area contributed by atoms with Gasteiger partial charge in [0.1, 0.15) is 6.10 Å². The van der Waals surface area contributed by atoms with Gasteiger partial charge in [0.25, 0.3) is 0 Å². The van der Waals surface area contributed by atoms with Crippen molar-refractivity contribution < 1.29 is 24.5 Å². The smallest absolute Gasteiger partial charge is 0.303 e. The first-order valence-electron chi connectivity index (χ1n) is 10.0. The van der Waals surface area contributed by atoms with Crippen LogP contribution in [-0.4, -0.2) is 34.4 Å². The van der Waals surface area contributed by atoms with E-state index in [9.17, 15) is 14.7 Å². The van der Waals surface area contributed by atoms with Crippen molar-refractivity contribution in [3.8, 4) is 0 Å². The Hall–Kier alpha value is -1.88. The molecule has 152 valence electrons. The molecule has 0 aromatic carbocycles. The van der Waals surface area contributed by atoms with Crippen LogP contribution >= 0.6 is 0 Å². The maximum Gasteiger partial charge on any atom is 0.303 e. The molecule has 27 heavy (non-hydrogen) atoms. The van der Waals surface area contributed by atoms with Gasteiger partial charge in [-0.1, -0.05) is 50.1 Å². The van der Waals surface area contributed by atoms with Gasteiger partial charge in [0.15, 0.2) is 0 Å². The topological polar surface area (TPSA) is 83.8 Å². The molecule has 0 radical (unpaired) electrons. The summed E-state index contributed by atoms with van der Waals surface area (Å²) in [4.78, 5) is 21.8. The fourth-order valence-corrected chi connectivity index (χ4v) is 3.26. The fourth-order valence-electron chi connectivity index (χ4n) is 3.26. The van der Waals surface area contributed by atoms with E-state index in [0.29, 0.717) is 6.42 Å². The summed E-state index contributed by atoms with van der Waals surface area (Å²) in [5.74, 6) is -0.887. The van der Waals surface area contributed by atoms with Gasteiger partial charge in [-0.2, -0.15) is 0 Å². The molecule has 0 aliphatic heterocycles. The number of esters is 1. The molecular weight excluding hydrogens is 344 g/mol. The van der Waals surface area contributed by atoms with E-state index in [4.69, 9.17) is 9.84 Å². The Balaban J connectivity index is 2.54. The Labute approximate surface area is 162 Å².